The number of hydrogen-bond acceptors (Lipinski definition) is 3. The van der Waals surface area contributed by atoms with Crippen molar-refractivity contribution in [3.63, 3.8) is 0 Å². The number of aromatic nitrogens is 2. The van der Waals surface area contributed by atoms with E-state index in [2.05, 4.69) is 6.92 Å². The first-order valence-corrected chi connectivity index (χ1v) is 11.7. The molecule has 0 aliphatic rings. The Balaban J connectivity index is 1.84. The number of para-hydroxylation sites is 2. The summed E-state index contributed by atoms with van der Waals surface area (Å²) in [7, 11) is 0. The first-order chi connectivity index (χ1) is 16.5. The maximum absolute atomic E-state index is 13.7. The topological polar surface area (TPSA) is 55.2 Å². The Hall–Kier alpha value is -3.99. The second-order valence-corrected chi connectivity index (χ2v) is 8.15. The van der Waals surface area contributed by atoms with E-state index in [1.165, 1.54) is 0 Å². The summed E-state index contributed by atoms with van der Waals surface area (Å²) in [6.45, 7) is 6.42. The van der Waals surface area contributed by atoms with Crippen LogP contribution >= 0.6 is 0 Å². The van der Waals surface area contributed by atoms with Gasteiger partial charge in [0.05, 0.1) is 22.6 Å². The van der Waals surface area contributed by atoms with Gasteiger partial charge in [-0.05, 0) is 55.7 Å². The number of amides is 1. The fourth-order valence-corrected chi connectivity index (χ4v) is 4.28. The maximum Gasteiger partial charge on any atom is 0.266 e. The van der Waals surface area contributed by atoms with Crippen LogP contribution in [0.1, 0.15) is 43.8 Å². The van der Waals surface area contributed by atoms with E-state index < -0.39 is 6.04 Å². The third-order valence-electron chi connectivity index (χ3n) is 6.10. The fraction of sp³-hybridized carbons (Fsp3) is 0.207. The smallest absolute Gasteiger partial charge is 0.266 e. The van der Waals surface area contributed by atoms with Crippen LogP contribution in [0.5, 0.6) is 0 Å². The van der Waals surface area contributed by atoms with Gasteiger partial charge in [0.2, 0.25) is 5.91 Å². The van der Waals surface area contributed by atoms with E-state index in [9.17, 15) is 9.59 Å². The van der Waals surface area contributed by atoms with Gasteiger partial charge in [-0.2, -0.15) is 0 Å². The van der Waals surface area contributed by atoms with Crippen molar-refractivity contribution >= 4 is 22.9 Å². The standard InChI is InChI=1S/C29H29N3O2/c1-4-23-15-9-12-18-26(23)32-28(30-25-17-11-10-16-24(25)29(32)34)21(3)31(5-2)27(33)20-19-22-13-7-6-8-14-22/h6-21H,4-5H2,1-3H3/b20-19+. The molecule has 0 radical (unpaired) electrons. The lowest BCUT2D eigenvalue weighted by atomic mass is 10.1. The largest absolute Gasteiger partial charge is 0.330 e. The number of benzene rings is 3. The Bertz CT molecular complexity index is 1390. The van der Waals surface area contributed by atoms with Gasteiger partial charge in [0.15, 0.2) is 0 Å². The van der Waals surface area contributed by atoms with Gasteiger partial charge in [-0.25, -0.2) is 4.98 Å². The predicted molar refractivity (Wildman–Crippen MR) is 138 cm³/mol. The van der Waals surface area contributed by atoms with Gasteiger partial charge in [0, 0.05) is 12.6 Å². The molecule has 1 atom stereocenters. The summed E-state index contributed by atoms with van der Waals surface area (Å²) >= 11 is 0. The summed E-state index contributed by atoms with van der Waals surface area (Å²) in [5.41, 5.74) is 3.31. The molecular formula is C29H29N3O2. The SMILES string of the molecule is CCc1ccccc1-n1c(C(C)N(CC)C(=O)/C=C/c2ccccc2)nc2ccccc2c1=O. The molecule has 4 rings (SSSR count). The van der Waals surface area contributed by atoms with Crippen molar-refractivity contribution in [2.45, 2.75) is 33.2 Å². The predicted octanol–water partition coefficient (Wildman–Crippen LogP) is 5.57. The van der Waals surface area contributed by atoms with E-state index in [0.29, 0.717) is 23.3 Å². The lowest BCUT2D eigenvalue weighted by molar-refractivity contribution is -0.128. The van der Waals surface area contributed by atoms with E-state index in [4.69, 9.17) is 4.98 Å². The average molecular weight is 452 g/mol. The molecule has 0 saturated heterocycles. The maximum atomic E-state index is 13.7. The minimum atomic E-state index is -0.417. The van der Waals surface area contributed by atoms with E-state index in [0.717, 1.165) is 23.2 Å². The molecule has 0 N–H and O–H groups in total. The molecular weight excluding hydrogens is 422 g/mol. The van der Waals surface area contributed by atoms with Crippen LogP contribution in [-0.2, 0) is 11.2 Å². The summed E-state index contributed by atoms with van der Waals surface area (Å²) in [6.07, 6.45) is 4.17. The quantitative estimate of drug-likeness (QED) is 0.345. The van der Waals surface area contributed by atoms with E-state index in [1.807, 2.05) is 92.7 Å². The van der Waals surface area contributed by atoms with E-state index in [-0.39, 0.29) is 11.5 Å². The highest BCUT2D eigenvalue weighted by molar-refractivity contribution is 5.92. The molecule has 3 aromatic carbocycles. The number of carbonyl (C=O) groups is 1. The van der Waals surface area contributed by atoms with Crippen molar-refractivity contribution < 1.29 is 4.79 Å². The van der Waals surface area contributed by atoms with Gasteiger partial charge >= 0.3 is 0 Å². The summed E-state index contributed by atoms with van der Waals surface area (Å²) in [5, 5.41) is 0.558. The number of aryl methyl sites for hydroxylation is 1. The molecule has 0 spiro atoms. The summed E-state index contributed by atoms with van der Waals surface area (Å²) in [5.74, 6) is 0.421. The molecule has 1 heterocycles. The zero-order valence-electron chi connectivity index (χ0n) is 19.8. The zero-order valence-corrected chi connectivity index (χ0v) is 19.8. The minimum Gasteiger partial charge on any atom is -0.330 e. The van der Waals surface area contributed by atoms with Gasteiger partial charge in [-0.15, -0.1) is 0 Å². The van der Waals surface area contributed by atoms with Gasteiger partial charge in [0.25, 0.3) is 5.56 Å². The number of nitrogens with zero attached hydrogens (tertiary/aromatic N) is 3. The van der Waals surface area contributed by atoms with Crippen LogP contribution in [0.25, 0.3) is 22.7 Å². The van der Waals surface area contributed by atoms with Crippen LogP contribution in [0.2, 0.25) is 0 Å². The molecule has 0 bridgehead atoms. The Kier molecular flexibility index (Phi) is 7.02. The lowest BCUT2D eigenvalue weighted by Gasteiger charge is -2.29. The number of rotatable bonds is 7. The second kappa shape index (κ2) is 10.3. The van der Waals surface area contributed by atoms with Gasteiger partial charge in [-0.1, -0.05) is 67.6 Å². The number of likely N-dealkylation sites (N-methyl/N-ethyl adjacent to an activating group) is 1. The summed E-state index contributed by atoms with van der Waals surface area (Å²) in [6, 6.07) is 24.5. The second-order valence-electron chi connectivity index (χ2n) is 8.15. The molecule has 1 unspecified atom stereocenters. The molecule has 0 fully saturated rings. The Labute approximate surface area is 200 Å². The first-order valence-electron chi connectivity index (χ1n) is 11.7. The highest BCUT2D eigenvalue weighted by Gasteiger charge is 2.25. The van der Waals surface area contributed by atoms with Crippen molar-refractivity contribution in [2.75, 3.05) is 6.54 Å². The van der Waals surface area contributed by atoms with E-state index >= 15 is 0 Å². The van der Waals surface area contributed by atoms with E-state index in [1.54, 1.807) is 21.6 Å². The first kappa shape index (κ1) is 23.2. The van der Waals surface area contributed by atoms with Crippen LogP contribution in [-0.4, -0.2) is 26.9 Å². The molecule has 0 aliphatic carbocycles. The van der Waals surface area contributed by atoms with Crippen LogP contribution in [0.3, 0.4) is 0 Å². The molecule has 0 aliphatic heterocycles. The van der Waals surface area contributed by atoms with Crippen molar-refractivity contribution in [1.82, 2.24) is 14.5 Å². The molecule has 5 nitrogen and oxygen atoms in total. The van der Waals surface area contributed by atoms with Crippen LogP contribution in [0.15, 0.2) is 89.7 Å². The van der Waals surface area contributed by atoms with Gasteiger partial charge < -0.3 is 4.90 Å². The Morgan fingerprint density at radius 2 is 1.65 bits per heavy atom. The molecule has 5 heteroatoms. The fourth-order valence-electron chi connectivity index (χ4n) is 4.28. The summed E-state index contributed by atoms with van der Waals surface area (Å²) in [4.78, 5) is 33.6. The van der Waals surface area contributed by atoms with Gasteiger partial charge in [-0.3, -0.25) is 14.2 Å². The Morgan fingerprint density at radius 3 is 2.38 bits per heavy atom. The third-order valence-corrected chi connectivity index (χ3v) is 6.10. The molecule has 34 heavy (non-hydrogen) atoms. The molecule has 1 aromatic heterocycles. The minimum absolute atomic E-state index is 0.128. The normalized spacial score (nSPS) is 12.2. The molecule has 172 valence electrons. The molecule has 4 aromatic rings. The van der Waals surface area contributed by atoms with Crippen molar-refractivity contribution in [3.05, 3.63) is 112 Å². The van der Waals surface area contributed by atoms with Crippen molar-refractivity contribution in [2.24, 2.45) is 0 Å². The number of fused-ring (bicyclic) bond motifs is 1. The summed E-state index contributed by atoms with van der Waals surface area (Å²) < 4.78 is 1.68. The van der Waals surface area contributed by atoms with Crippen molar-refractivity contribution in [1.29, 1.82) is 0 Å². The number of hydrogen-bond donors (Lipinski definition) is 0. The monoisotopic (exact) mass is 451 g/mol. The Morgan fingerprint density at radius 1 is 0.971 bits per heavy atom. The van der Waals surface area contributed by atoms with Crippen LogP contribution in [0.4, 0.5) is 0 Å². The lowest BCUT2D eigenvalue weighted by Crippen LogP contribution is -2.36. The van der Waals surface area contributed by atoms with Crippen LogP contribution < -0.4 is 5.56 Å². The number of carbonyl (C=O) groups excluding carboxylic acids is 1. The highest BCUT2D eigenvalue weighted by Crippen LogP contribution is 2.25. The third kappa shape index (κ3) is 4.55. The molecule has 1 amide bonds. The van der Waals surface area contributed by atoms with Crippen LogP contribution in [0, 0.1) is 0 Å². The zero-order chi connectivity index (χ0) is 24.1. The van der Waals surface area contributed by atoms with Gasteiger partial charge in [0.1, 0.15) is 5.82 Å². The average Bonchev–Trinajstić information content (AvgIpc) is 2.88. The molecule has 0 saturated carbocycles. The van der Waals surface area contributed by atoms with Crippen molar-refractivity contribution in [3.8, 4) is 5.69 Å². The highest BCUT2D eigenvalue weighted by atomic mass is 16.2.